The quantitative estimate of drug-likeness (QED) is 0.655. The Labute approximate surface area is 126 Å². The number of hydrogen-bond acceptors (Lipinski definition) is 4. The van der Waals surface area contributed by atoms with E-state index in [0.717, 1.165) is 4.90 Å². The van der Waals surface area contributed by atoms with Crippen LogP contribution in [0.5, 0.6) is 0 Å². The predicted molar refractivity (Wildman–Crippen MR) is 75.3 cm³/mol. The van der Waals surface area contributed by atoms with Gasteiger partial charge in [-0.25, -0.2) is 9.69 Å². The Bertz CT molecular complexity index is 737. The summed E-state index contributed by atoms with van der Waals surface area (Å²) in [5.41, 5.74) is -0.213. The molecule has 2 bridgehead atoms. The third-order valence-corrected chi connectivity index (χ3v) is 4.70. The highest BCUT2D eigenvalue weighted by Gasteiger charge is 2.65. The van der Waals surface area contributed by atoms with Crippen molar-refractivity contribution >= 4 is 23.5 Å². The summed E-state index contributed by atoms with van der Waals surface area (Å²) in [7, 11) is 0. The normalized spacial score (nSPS) is 35.3. The molecule has 1 aromatic carbocycles. The molecule has 4 atom stereocenters. The van der Waals surface area contributed by atoms with Gasteiger partial charge >= 0.3 is 5.97 Å². The van der Waals surface area contributed by atoms with Gasteiger partial charge in [-0.1, -0.05) is 12.2 Å². The molecule has 6 heteroatoms. The standard InChI is InChI=1S/C16H13NO5/c1-16-7-6-10(22-16)11-12(16)14(19)17(13(11)18)9-4-2-8(3-5-9)15(20)21/h2-7,10-12H,1H3,(H,20,21)/t10-,11-,12+,16+/m1/s1. The van der Waals surface area contributed by atoms with Crippen LogP contribution in [0.4, 0.5) is 5.69 Å². The summed E-state index contributed by atoms with van der Waals surface area (Å²) in [6.07, 6.45) is 3.33. The van der Waals surface area contributed by atoms with Crippen LogP contribution in [-0.4, -0.2) is 34.6 Å². The van der Waals surface area contributed by atoms with Crippen LogP contribution < -0.4 is 4.90 Å². The molecule has 22 heavy (non-hydrogen) atoms. The number of hydrogen-bond donors (Lipinski definition) is 1. The van der Waals surface area contributed by atoms with Crippen molar-refractivity contribution in [3.05, 3.63) is 42.0 Å². The largest absolute Gasteiger partial charge is 0.478 e. The summed E-state index contributed by atoms with van der Waals surface area (Å²) < 4.78 is 5.75. The molecule has 3 aliphatic heterocycles. The molecule has 2 fully saturated rings. The summed E-state index contributed by atoms with van der Waals surface area (Å²) >= 11 is 0. The van der Waals surface area contributed by atoms with Crippen LogP contribution in [0, 0.1) is 11.8 Å². The second-order valence-electron chi connectivity index (χ2n) is 5.99. The van der Waals surface area contributed by atoms with E-state index in [9.17, 15) is 14.4 Å². The van der Waals surface area contributed by atoms with Gasteiger partial charge in [0.2, 0.25) is 11.8 Å². The molecule has 6 nitrogen and oxygen atoms in total. The van der Waals surface area contributed by atoms with Crippen molar-refractivity contribution in [1.29, 1.82) is 0 Å². The first-order valence-electron chi connectivity index (χ1n) is 7.01. The first kappa shape index (κ1) is 13.2. The summed E-state index contributed by atoms with van der Waals surface area (Å²) in [6.45, 7) is 1.82. The van der Waals surface area contributed by atoms with Gasteiger partial charge in [0.25, 0.3) is 0 Å². The number of benzene rings is 1. The van der Waals surface area contributed by atoms with Gasteiger partial charge in [-0.3, -0.25) is 9.59 Å². The van der Waals surface area contributed by atoms with Crippen molar-refractivity contribution in [2.75, 3.05) is 4.90 Å². The second kappa shape index (κ2) is 4.04. The van der Waals surface area contributed by atoms with Gasteiger partial charge in [-0.05, 0) is 31.2 Å². The molecule has 0 aromatic heterocycles. The highest BCUT2D eigenvalue weighted by atomic mass is 16.5. The molecule has 2 saturated heterocycles. The lowest BCUT2D eigenvalue weighted by molar-refractivity contribution is -0.126. The zero-order valence-electron chi connectivity index (χ0n) is 11.7. The van der Waals surface area contributed by atoms with E-state index >= 15 is 0 Å². The molecule has 112 valence electrons. The number of carbonyl (C=O) groups excluding carboxylic acids is 2. The maximum Gasteiger partial charge on any atom is 0.335 e. The van der Waals surface area contributed by atoms with Crippen LogP contribution in [0.1, 0.15) is 17.3 Å². The highest BCUT2D eigenvalue weighted by Crippen LogP contribution is 2.52. The van der Waals surface area contributed by atoms with E-state index in [-0.39, 0.29) is 23.5 Å². The molecule has 4 rings (SSSR count). The smallest absolute Gasteiger partial charge is 0.335 e. The van der Waals surface area contributed by atoms with Gasteiger partial charge < -0.3 is 9.84 Å². The number of amides is 2. The van der Waals surface area contributed by atoms with E-state index in [1.54, 1.807) is 0 Å². The number of carbonyl (C=O) groups is 3. The molecule has 3 heterocycles. The average molecular weight is 299 g/mol. The van der Waals surface area contributed by atoms with Crippen molar-refractivity contribution in [3.8, 4) is 0 Å². The van der Waals surface area contributed by atoms with Crippen molar-refractivity contribution in [1.82, 2.24) is 0 Å². The number of rotatable bonds is 2. The SMILES string of the molecule is C[C@@]12C=C[C@@H](O1)[C@H]1C(=O)N(c3ccc(C(=O)O)cc3)C(=O)[C@H]12. The molecular weight excluding hydrogens is 286 g/mol. The van der Waals surface area contributed by atoms with Crippen molar-refractivity contribution in [3.63, 3.8) is 0 Å². The van der Waals surface area contributed by atoms with E-state index < -0.39 is 23.4 Å². The van der Waals surface area contributed by atoms with Gasteiger partial charge in [0.1, 0.15) is 0 Å². The van der Waals surface area contributed by atoms with Gasteiger partial charge in [-0.15, -0.1) is 0 Å². The number of anilines is 1. The minimum atomic E-state index is -1.05. The maximum absolute atomic E-state index is 12.7. The number of carboxylic acids is 1. The van der Waals surface area contributed by atoms with Crippen LogP contribution in [0.2, 0.25) is 0 Å². The van der Waals surface area contributed by atoms with E-state index in [1.807, 2.05) is 19.1 Å². The van der Waals surface area contributed by atoms with Crippen molar-refractivity contribution in [2.24, 2.45) is 11.8 Å². The fourth-order valence-electron chi connectivity index (χ4n) is 3.66. The van der Waals surface area contributed by atoms with Crippen molar-refractivity contribution in [2.45, 2.75) is 18.6 Å². The Kier molecular flexibility index (Phi) is 2.43. The second-order valence-corrected chi connectivity index (χ2v) is 5.99. The van der Waals surface area contributed by atoms with Gasteiger partial charge in [0.05, 0.1) is 34.8 Å². The fourth-order valence-corrected chi connectivity index (χ4v) is 3.66. The molecule has 0 radical (unpaired) electrons. The van der Waals surface area contributed by atoms with E-state index in [4.69, 9.17) is 9.84 Å². The molecule has 2 amide bonds. The number of nitrogens with zero attached hydrogens (tertiary/aromatic N) is 1. The zero-order valence-corrected chi connectivity index (χ0v) is 11.7. The first-order valence-corrected chi connectivity index (χ1v) is 7.01. The van der Waals surface area contributed by atoms with Crippen LogP contribution in [-0.2, 0) is 14.3 Å². The molecule has 0 spiro atoms. The number of ether oxygens (including phenoxy) is 1. The molecule has 0 aliphatic carbocycles. The molecular formula is C16H13NO5. The van der Waals surface area contributed by atoms with Gasteiger partial charge in [0, 0.05) is 0 Å². The molecule has 1 N–H and O–H groups in total. The Morgan fingerprint density at radius 1 is 1.23 bits per heavy atom. The lowest BCUT2D eigenvalue weighted by Gasteiger charge is -2.24. The number of fused-ring (bicyclic) bond motifs is 5. The molecule has 1 aromatic rings. The van der Waals surface area contributed by atoms with E-state index in [0.29, 0.717) is 5.69 Å². The lowest BCUT2D eigenvalue weighted by Crippen LogP contribution is -2.38. The summed E-state index contributed by atoms with van der Waals surface area (Å²) in [4.78, 5) is 37.4. The maximum atomic E-state index is 12.7. The van der Waals surface area contributed by atoms with Crippen LogP contribution in [0.25, 0.3) is 0 Å². The molecule has 0 saturated carbocycles. The highest BCUT2D eigenvalue weighted by molar-refractivity contribution is 6.23. The average Bonchev–Trinajstić information content (AvgIpc) is 3.08. The van der Waals surface area contributed by atoms with Crippen LogP contribution in [0.15, 0.2) is 36.4 Å². The first-order chi connectivity index (χ1) is 10.4. The van der Waals surface area contributed by atoms with E-state index in [1.165, 1.54) is 24.3 Å². The third-order valence-electron chi connectivity index (χ3n) is 4.70. The Morgan fingerprint density at radius 3 is 2.50 bits per heavy atom. The molecule has 0 unspecified atom stereocenters. The van der Waals surface area contributed by atoms with E-state index in [2.05, 4.69) is 0 Å². The summed E-state index contributed by atoms with van der Waals surface area (Å²) in [6, 6.07) is 5.74. The molecule has 3 aliphatic rings. The number of imide groups is 1. The summed E-state index contributed by atoms with van der Waals surface area (Å²) in [5, 5.41) is 8.92. The topological polar surface area (TPSA) is 83.9 Å². The predicted octanol–water partition coefficient (Wildman–Crippen LogP) is 1.22. The fraction of sp³-hybridized carbons (Fsp3) is 0.312. The minimum Gasteiger partial charge on any atom is -0.478 e. The number of aromatic carboxylic acids is 1. The Hall–Kier alpha value is -2.47. The Balaban J connectivity index is 1.71. The lowest BCUT2D eigenvalue weighted by atomic mass is 9.78. The van der Waals surface area contributed by atoms with Crippen LogP contribution in [0.3, 0.4) is 0 Å². The third kappa shape index (κ3) is 1.50. The van der Waals surface area contributed by atoms with Gasteiger partial charge in [-0.2, -0.15) is 0 Å². The van der Waals surface area contributed by atoms with Gasteiger partial charge in [0.15, 0.2) is 0 Å². The monoisotopic (exact) mass is 299 g/mol. The van der Waals surface area contributed by atoms with Crippen molar-refractivity contribution < 1.29 is 24.2 Å². The minimum absolute atomic E-state index is 0.111. The number of carboxylic acid groups (broad SMARTS) is 1. The van der Waals surface area contributed by atoms with Crippen LogP contribution >= 0.6 is 0 Å². The Morgan fingerprint density at radius 2 is 1.91 bits per heavy atom. The summed E-state index contributed by atoms with van der Waals surface area (Å²) in [5.74, 6) is -2.61. The zero-order chi connectivity index (χ0) is 15.6.